The van der Waals surface area contributed by atoms with Crippen molar-refractivity contribution in [1.29, 1.82) is 0 Å². The van der Waals surface area contributed by atoms with E-state index in [1.807, 2.05) is 13.8 Å². The van der Waals surface area contributed by atoms with E-state index in [9.17, 15) is 4.79 Å². The van der Waals surface area contributed by atoms with Gasteiger partial charge in [-0.1, -0.05) is 32.6 Å². The van der Waals surface area contributed by atoms with Crippen LogP contribution in [0.25, 0.3) is 0 Å². The number of hydrogen-bond acceptors (Lipinski definition) is 9. The van der Waals surface area contributed by atoms with Gasteiger partial charge in [-0.3, -0.25) is 10.2 Å². The number of morpholine rings is 1. The highest BCUT2D eigenvalue weighted by Crippen LogP contribution is 2.41. The molecule has 38 heavy (non-hydrogen) atoms. The van der Waals surface area contributed by atoms with Gasteiger partial charge in [-0.2, -0.15) is 0 Å². The fraction of sp³-hybridized carbons (Fsp3) is 0.750. The summed E-state index contributed by atoms with van der Waals surface area (Å²) in [4.78, 5) is 15.2. The summed E-state index contributed by atoms with van der Waals surface area (Å²) in [6.07, 6.45) is 2.61. The first-order chi connectivity index (χ1) is 18.4. The minimum Gasteiger partial charge on any atom is -0.497 e. The summed E-state index contributed by atoms with van der Waals surface area (Å²) in [5.41, 5.74) is 0.608. The molecule has 214 valence electrons. The monoisotopic (exact) mass is 536 g/mol. The van der Waals surface area contributed by atoms with E-state index in [2.05, 4.69) is 17.1 Å². The molecule has 3 saturated heterocycles. The maximum atomic E-state index is 13.0. The molecule has 0 aliphatic carbocycles. The Hall–Kier alpha value is -1.95. The Labute approximate surface area is 226 Å². The van der Waals surface area contributed by atoms with Crippen LogP contribution >= 0.6 is 0 Å². The number of hydrogen-bond donors (Lipinski definition) is 1. The van der Waals surface area contributed by atoms with Gasteiger partial charge < -0.3 is 33.2 Å². The van der Waals surface area contributed by atoms with Crippen molar-refractivity contribution < 1.29 is 38.0 Å². The third kappa shape index (κ3) is 8.03. The number of ether oxygens (including phenoxy) is 7. The molecule has 0 saturated carbocycles. The molecule has 0 aromatic heterocycles. The molecule has 10 nitrogen and oxygen atoms in total. The van der Waals surface area contributed by atoms with Crippen LogP contribution in [0.5, 0.6) is 5.75 Å². The summed E-state index contributed by atoms with van der Waals surface area (Å²) in [7, 11) is 1.60. The smallest absolute Gasteiger partial charge is 0.412 e. The lowest BCUT2D eigenvalue weighted by atomic mass is 10.0. The van der Waals surface area contributed by atoms with E-state index in [0.29, 0.717) is 37.8 Å². The van der Waals surface area contributed by atoms with E-state index in [4.69, 9.17) is 33.2 Å². The average molecular weight is 537 g/mol. The predicted molar refractivity (Wildman–Crippen MR) is 141 cm³/mol. The van der Waals surface area contributed by atoms with Gasteiger partial charge in [-0.15, -0.1) is 0 Å². The number of nitrogens with zero attached hydrogens (tertiary/aromatic N) is 1. The van der Waals surface area contributed by atoms with Crippen molar-refractivity contribution >= 4 is 11.8 Å². The summed E-state index contributed by atoms with van der Waals surface area (Å²) >= 11 is 0. The number of unbranched alkanes of at least 4 members (excludes halogenated alkanes) is 4. The highest BCUT2D eigenvalue weighted by molar-refractivity contribution is 5.84. The molecule has 3 heterocycles. The molecule has 0 radical (unpaired) electrons. The Morgan fingerprint density at radius 1 is 1.08 bits per heavy atom. The normalized spacial score (nSPS) is 27.6. The van der Waals surface area contributed by atoms with Gasteiger partial charge >= 0.3 is 6.09 Å². The molecule has 3 aliphatic heterocycles. The molecular formula is C28H44N2O8. The van der Waals surface area contributed by atoms with Crippen LogP contribution < -0.4 is 10.1 Å². The topological polar surface area (TPSA) is 97.0 Å². The number of carbonyl (C=O) groups is 1. The minimum absolute atomic E-state index is 0.397. The van der Waals surface area contributed by atoms with Gasteiger partial charge in [-0.05, 0) is 44.5 Å². The van der Waals surface area contributed by atoms with Gasteiger partial charge in [0.25, 0.3) is 0 Å². The van der Waals surface area contributed by atoms with Crippen LogP contribution in [0.4, 0.5) is 10.5 Å². The van der Waals surface area contributed by atoms with Crippen LogP contribution in [0.1, 0.15) is 52.9 Å². The molecule has 1 aromatic rings. The van der Waals surface area contributed by atoms with Gasteiger partial charge in [0, 0.05) is 31.9 Å². The zero-order valence-electron chi connectivity index (χ0n) is 23.2. The first-order valence-electron chi connectivity index (χ1n) is 13.9. The fourth-order valence-electron chi connectivity index (χ4n) is 5.14. The van der Waals surface area contributed by atoms with Crippen LogP contribution in [0.15, 0.2) is 24.3 Å². The average Bonchev–Trinajstić information content (AvgIpc) is 3.39. The summed E-state index contributed by atoms with van der Waals surface area (Å²) in [6, 6.07) is 7.09. The maximum absolute atomic E-state index is 13.0. The highest BCUT2D eigenvalue weighted by atomic mass is 16.8. The summed E-state index contributed by atoms with van der Waals surface area (Å²) < 4.78 is 41.7. The number of fused-ring (bicyclic) bond motifs is 1. The summed E-state index contributed by atoms with van der Waals surface area (Å²) in [5.74, 6) is -0.0773. The largest absolute Gasteiger partial charge is 0.497 e. The Bertz CT molecular complexity index is 861. The number of nitrogens with one attached hydrogen (secondary N) is 1. The third-order valence-corrected chi connectivity index (χ3v) is 7.08. The van der Waals surface area contributed by atoms with Crippen molar-refractivity contribution in [2.45, 2.75) is 89.4 Å². The van der Waals surface area contributed by atoms with Crippen molar-refractivity contribution in [3.8, 4) is 5.75 Å². The van der Waals surface area contributed by atoms with Crippen LogP contribution in [0, 0.1) is 0 Å². The molecule has 3 fully saturated rings. The van der Waals surface area contributed by atoms with E-state index in [1.54, 1.807) is 31.4 Å². The second-order valence-electron chi connectivity index (χ2n) is 10.5. The lowest BCUT2D eigenvalue weighted by Crippen LogP contribution is -2.50. The highest BCUT2D eigenvalue weighted by Gasteiger charge is 2.58. The van der Waals surface area contributed by atoms with E-state index in [1.165, 1.54) is 19.3 Å². The predicted octanol–water partition coefficient (Wildman–Crippen LogP) is 4.18. The van der Waals surface area contributed by atoms with Crippen molar-refractivity contribution in [3.63, 3.8) is 0 Å². The molecule has 0 unspecified atom stereocenters. The summed E-state index contributed by atoms with van der Waals surface area (Å²) in [5, 5.41) is 2.81. The van der Waals surface area contributed by atoms with Gasteiger partial charge in [-0.25, -0.2) is 4.79 Å². The SMILES string of the molecule is CCCCCCCO[C@H]1O[C@H]([C@@H](CN2CCOCC2)OC(=O)Nc2ccc(OC)cc2)[C@@H]2OC(C)(C)O[C@H]12. The van der Waals surface area contributed by atoms with Crippen LogP contribution in [-0.2, 0) is 28.4 Å². The second kappa shape index (κ2) is 13.9. The third-order valence-electron chi connectivity index (χ3n) is 7.08. The molecule has 4 rings (SSSR count). The van der Waals surface area contributed by atoms with E-state index in [0.717, 1.165) is 25.9 Å². The molecule has 0 bridgehead atoms. The second-order valence-corrected chi connectivity index (χ2v) is 10.5. The molecule has 1 aromatic carbocycles. The molecule has 1 N–H and O–H groups in total. The van der Waals surface area contributed by atoms with Gasteiger partial charge in [0.05, 0.1) is 20.3 Å². The van der Waals surface area contributed by atoms with Gasteiger partial charge in [0.1, 0.15) is 30.2 Å². The Morgan fingerprint density at radius 2 is 1.79 bits per heavy atom. The molecule has 10 heteroatoms. The summed E-state index contributed by atoms with van der Waals surface area (Å²) in [6.45, 7) is 9.83. The zero-order valence-corrected chi connectivity index (χ0v) is 23.2. The first-order valence-corrected chi connectivity index (χ1v) is 13.9. The van der Waals surface area contributed by atoms with E-state index >= 15 is 0 Å². The van der Waals surface area contributed by atoms with Crippen molar-refractivity contribution in [3.05, 3.63) is 24.3 Å². The quantitative estimate of drug-likeness (QED) is 0.373. The number of anilines is 1. The van der Waals surface area contributed by atoms with Gasteiger partial charge in [0.15, 0.2) is 12.1 Å². The number of benzene rings is 1. The van der Waals surface area contributed by atoms with Gasteiger partial charge in [0.2, 0.25) is 0 Å². The Kier molecular flexibility index (Phi) is 10.6. The van der Waals surface area contributed by atoms with Crippen molar-refractivity contribution in [1.82, 2.24) is 4.90 Å². The van der Waals surface area contributed by atoms with Crippen LogP contribution in [-0.4, -0.2) is 94.1 Å². The zero-order chi connectivity index (χ0) is 27.0. The van der Waals surface area contributed by atoms with E-state index < -0.39 is 42.6 Å². The minimum atomic E-state index is -0.783. The molecule has 5 atom stereocenters. The van der Waals surface area contributed by atoms with Crippen molar-refractivity contribution in [2.24, 2.45) is 0 Å². The van der Waals surface area contributed by atoms with Crippen molar-refractivity contribution in [2.75, 3.05) is 51.9 Å². The lowest BCUT2D eigenvalue weighted by molar-refractivity contribution is -0.243. The Balaban J connectivity index is 1.43. The van der Waals surface area contributed by atoms with Crippen LogP contribution in [0.2, 0.25) is 0 Å². The maximum Gasteiger partial charge on any atom is 0.412 e. The lowest BCUT2D eigenvalue weighted by Gasteiger charge is -2.34. The first kappa shape index (κ1) is 29.0. The number of amides is 1. The molecular weight excluding hydrogens is 492 g/mol. The van der Waals surface area contributed by atoms with Crippen LogP contribution in [0.3, 0.4) is 0 Å². The number of methoxy groups -OCH3 is 1. The van der Waals surface area contributed by atoms with E-state index in [-0.39, 0.29) is 0 Å². The molecule has 0 spiro atoms. The number of carbonyl (C=O) groups excluding carboxylic acids is 1. The Morgan fingerprint density at radius 3 is 2.50 bits per heavy atom. The standard InChI is InChI=1S/C28H44N2O8/c1-5-6-7-8-9-16-34-26-25-24(37-28(2,3)38-25)23(36-26)22(19-30-14-17-33-18-15-30)35-27(31)29-20-10-12-21(32-4)13-11-20/h10-13,22-26H,5-9,14-19H2,1-4H3,(H,29,31)/t22-,23-,24+,25+,26+/m1/s1. The molecule has 3 aliphatic rings. The fourth-order valence-corrected chi connectivity index (χ4v) is 5.14. The molecule has 1 amide bonds. The number of rotatable bonds is 13.